The molecule has 9 heteroatoms. The van der Waals surface area contributed by atoms with Gasteiger partial charge in [-0.1, -0.05) is 31.3 Å². The number of aromatic nitrogens is 1. The van der Waals surface area contributed by atoms with Gasteiger partial charge in [0.1, 0.15) is 4.92 Å². The zero-order chi connectivity index (χ0) is 21.1. The first-order valence-electron chi connectivity index (χ1n) is 9.50. The number of benzene rings is 1. The highest BCUT2D eigenvalue weighted by molar-refractivity contribution is 7.22. The van der Waals surface area contributed by atoms with E-state index in [1.807, 2.05) is 26.0 Å². The number of carbonyl (C=O) groups excluding carboxylic acids is 1. The molecule has 1 aromatic carbocycles. The highest BCUT2D eigenvalue weighted by atomic mass is 32.1. The molecule has 3 rings (SSSR count). The fourth-order valence-corrected chi connectivity index (χ4v) is 4.12. The van der Waals surface area contributed by atoms with Crippen molar-refractivity contribution in [2.24, 2.45) is 0 Å². The third kappa shape index (κ3) is 4.30. The molecule has 0 N–H and O–H groups in total. The molecule has 0 unspecified atom stereocenters. The summed E-state index contributed by atoms with van der Waals surface area (Å²) in [6.07, 6.45) is 0. The van der Waals surface area contributed by atoms with Crippen molar-refractivity contribution in [2.75, 3.05) is 31.1 Å². The second-order valence-corrected chi connectivity index (χ2v) is 7.74. The molecule has 0 aliphatic heterocycles. The van der Waals surface area contributed by atoms with Crippen LogP contribution in [0.15, 0.2) is 28.7 Å². The normalized spacial score (nSPS) is 11.3. The van der Waals surface area contributed by atoms with Gasteiger partial charge in [-0.15, -0.1) is 0 Å². The quantitative estimate of drug-likeness (QED) is 0.399. The number of nitro groups is 1. The molecule has 2 aromatic heterocycles. The van der Waals surface area contributed by atoms with Crippen LogP contribution in [0.3, 0.4) is 0 Å². The summed E-state index contributed by atoms with van der Waals surface area (Å²) in [6.45, 7) is 11.0. The summed E-state index contributed by atoms with van der Waals surface area (Å²) in [5.74, 6) is -0.949. The Kier molecular flexibility index (Phi) is 6.29. The van der Waals surface area contributed by atoms with Gasteiger partial charge >= 0.3 is 5.88 Å². The van der Waals surface area contributed by atoms with Crippen molar-refractivity contribution in [1.29, 1.82) is 0 Å². The lowest BCUT2D eigenvalue weighted by Crippen LogP contribution is -2.38. The lowest BCUT2D eigenvalue weighted by atomic mass is 10.1. The molecule has 0 saturated carbocycles. The maximum atomic E-state index is 13.2. The number of fused-ring (bicyclic) bond motifs is 1. The highest BCUT2D eigenvalue weighted by Gasteiger charge is 2.26. The van der Waals surface area contributed by atoms with Crippen LogP contribution in [0.1, 0.15) is 35.5 Å². The van der Waals surface area contributed by atoms with Crippen molar-refractivity contribution in [3.8, 4) is 0 Å². The van der Waals surface area contributed by atoms with Gasteiger partial charge in [-0.3, -0.25) is 19.8 Å². The fraction of sp³-hybridized carbons (Fsp3) is 0.400. The monoisotopic (exact) mass is 416 g/mol. The summed E-state index contributed by atoms with van der Waals surface area (Å²) >= 11 is 1.43. The molecule has 2 heterocycles. The van der Waals surface area contributed by atoms with Gasteiger partial charge in [-0.2, -0.15) is 0 Å². The average Bonchev–Trinajstić information content (AvgIpc) is 3.36. The van der Waals surface area contributed by atoms with Crippen LogP contribution < -0.4 is 4.90 Å². The summed E-state index contributed by atoms with van der Waals surface area (Å²) in [6, 6.07) is 6.58. The van der Waals surface area contributed by atoms with E-state index in [2.05, 4.69) is 18.7 Å². The largest absolute Gasteiger partial charge is 0.433 e. The Morgan fingerprint density at radius 1 is 1.17 bits per heavy atom. The van der Waals surface area contributed by atoms with Crippen molar-refractivity contribution < 1.29 is 14.1 Å². The van der Waals surface area contributed by atoms with Crippen molar-refractivity contribution in [1.82, 2.24) is 9.88 Å². The van der Waals surface area contributed by atoms with Gasteiger partial charge in [0.25, 0.3) is 5.91 Å². The number of thiazole rings is 1. The Morgan fingerprint density at radius 3 is 2.52 bits per heavy atom. The summed E-state index contributed by atoms with van der Waals surface area (Å²) in [5.41, 5.74) is 3.09. The molecule has 0 fully saturated rings. The minimum Gasteiger partial charge on any atom is -0.395 e. The second kappa shape index (κ2) is 8.71. The number of carbonyl (C=O) groups is 1. The van der Waals surface area contributed by atoms with Crippen molar-refractivity contribution >= 4 is 38.5 Å². The molecule has 0 bridgehead atoms. The number of amides is 1. The number of likely N-dealkylation sites (N-methyl/N-ethyl adjacent to an activating group) is 1. The van der Waals surface area contributed by atoms with Gasteiger partial charge < -0.3 is 9.32 Å². The lowest BCUT2D eigenvalue weighted by molar-refractivity contribution is -0.402. The van der Waals surface area contributed by atoms with E-state index in [1.165, 1.54) is 23.5 Å². The Hall–Kier alpha value is -2.78. The number of rotatable bonds is 8. The van der Waals surface area contributed by atoms with Crippen molar-refractivity contribution in [3.05, 3.63) is 51.3 Å². The minimum absolute atomic E-state index is 0.0663. The number of hydrogen-bond donors (Lipinski definition) is 0. The van der Waals surface area contributed by atoms with Crippen LogP contribution in [0, 0.1) is 24.0 Å². The van der Waals surface area contributed by atoms with E-state index in [9.17, 15) is 14.9 Å². The predicted octanol–water partition coefficient (Wildman–Crippen LogP) is 4.40. The average molecular weight is 417 g/mol. The molecule has 1 amide bonds. The van der Waals surface area contributed by atoms with Crippen molar-refractivity contribution in [2.45, 2.75) is 27.7 Å². The van der Waals surface area contributed by atoms with Gasteiger partial charge in [0.05, 0.1) is 16.3 Å². The molecule has 0 atom stereocenters. The molecule has 3 aromatic rings. The van der Waals surface area contributed by atoms with E-state index in [0.717, 1.165) is 34.4 Å². The SMILES string of the molecule is CCN(CC)CCN(C(=O)c1ccc([N+](=O)[O-])o1)c1nc2c(C)c(C)ccc2s1. The Morgan fingerprint density at radius 2 is 1.90 bits per heavy atom. The number of nitrogens with zero attached hydrogens (tertiary/aromatic N) is 4. The van der Waals surface area contributed by atoms with E-state index in [-0.39, 0.29) is 5.76 Å². The van der Waals surface area contributed by atoms with Gasteiger partial charge in [-0.05, 0) is 50.2 Å². The van der Waals surface area contributed by atoms with Crippen LogP contribution in [0.25, 0.3) is 10.2 Å². The van der Waals surface area contributed by atoms with Crippen LogP contribution in [0.4, 0.5) is 11.0 Å². The molecule has 0 aliphatic rings. The van der Waals surface area contributed by atoms with Crippen LogP contribution in [0.2, 0.25) is 0 Å². The number of anilines is 1. The highest BCUT2D eigenvalue weighted by Crippen LogP contribution is 2.33. The Labute approximate surface area is 172 Å². The zero-order valence-electron chi connectivity index (χ0n) is 17.0. The molecule has 29 heavy (non-hydrogen) atoms. The maximum Gasteiger partial charge on any atom is 0.433 e. The predicted molar refractivity (Wildman–Crippen MR) is 114 cm³/mol. The van der Waals surface area contributed by atoms with Crippen LogP contribution in [-0.2, 0) is 0 Å². The summed E-state index contributed by atoms with van der Waals surface area (Å²) in [4.78, 5) is 31.9. The minimum atomic E-state index is -0.652. The van der Waals surface area contributed by atoms with E-state index in [4.69, 9.17) is 9.40 Å². The molecule has 8 nitrogen and oxygen atoms in total. The van der Waals surface area contributed by atoms with Crippen LogP contribution in [0.5, 0.6) is 0 Å². The summed E-state index contributed by atoms with van der Waals surface area (Å²) in [5, 5.41) is 11.5. The van der Waals surface area contributed by atoms with Crippen molar-refractivity contribution in [3.63, 3.8) is 0 Å². The first-order valence-corrected chi connectivity index (χ1v) is 10.3. The van der Waals surface area contributed by atoms with Gasteiger partial charge in [0.15, 0.2) is 10.9 Å². The first-order chi connectivity index (χ1) is 13.8. The molecular formula is C20H24N4O4S. The summed E-state index contributed by atoms with van der Waals surface area (Å²) < 4.78 is 6.15. The number of furan rings is 1. The summed E-state index contributed by atoms with van der Waals surface area (Å²) in [7, 11) is 0. The molecule has 0 radical (unpaired) electrons. The number of hydrogen-bond acceptors (Lipinski definition) is 7. The van der Waals surface area contributed by atoms with Gasteiger partial charge in [0.2, 0.25) is 0 Å². The molecule has 154 valence electrons. The smallest absolute Gasteiger partial charge is 0.395 e. The second-order valence-electron chi connectivity index (χ2n) is 6.73. The molecule has 0 aliphatic carbocycles. The maximum absolute atomic E-state index is 13.2. The first kappa shape index (κ1) is 20.9. The third-order valence-electron chi connectivity index (χ3n) is 5.07. The van der Waals surface area contributed by atoms with Gasteiger partial charge in [0, 0.05) is 13.1 Å². The molecular weight excluding hydrogens is 392 g/mol. The lowest BCUT2D eigenvalue weighted by Gasteiger charge is -2.24. The van der Waals surface area contributed by atoms with E-state index < -0.39 is 16.7 Å². The van der Waals surface area contributed by atoms with Crippen LogP contribution in [-0.4, -0.2) is 46.9 Å². The fourth-order valence-electron chi connectivity index (χ4n) is 3.07. The topological polar surface area (TPSA) is 92.7 Å². The zero-order valence-corrected chi connectivity index (χ0v) is 17.8. The van der Waals surface area contributed by atoms with E-state index in [0.29, 0.717) is 18.2 Å². The van der Waals surface area contributed by atoms with Gasteiger partial charge in [-0.25, -0.2) is 4.98 Å². The molecule has 0 saturated heterocycles. The molecule has 0 spiro atoms. The standard InChI is InChI=1S/C20H24N4O4S/c1-5-22(6-2)11-12-23(19(25)15-8-10-17(28-15)24(26)27)20-21-18-14(4)13(3)7-9-16(18)29-20/h7-10H,5-6,11-12H2,1-4H3. The Bertz CT molecular complexity index is 1040. The van der Waals surface area contributed by atoms with Crippen LogP contribution >= 0.6 is 11.3 Å². The van der Waals surface area contributed by atoms with E-state index >= 15 is 0 Å². The number of aryl methyl sites for hydroxylation is 2. The Balaban J connectivity index is 1.99. The van der Waals surface area contributed by atoms with E-state index in [1.54, 1.807) is 4.90 Å². The third-order valence-corrected chi connectivity index (χ3v) is 6.11.